The van der Waals surface area contributed by atoms with E-state index in [0.29, 0.717) is 19.6 Å². The number of carbonyl (C=O) groups is 1. The lowest BCUT2D eigenvalue weighted by atomic mass is 9.97. The van der Waals surface area contributed by atoms with E-state index in [1.54, 1.807) is 23.1 Å². The Balaban J connectivity index is 1.24. The molecule has 0 bridgehead atoms. The molecule has 3 aromatic rings. The summed E-state index contributed by atoms with van der Waals surface area (Å²) in [7, 11) is 0. The van der Waals surface area contributed by atoms with Crippen molar-refractivity contribution < 1.29 is 4.79 Å². The number of aromatic amines is 1. The lowest BCUT2D eigenvalue weighted by molar-refractivity contribution is 0.0625. The summed E-state index contributed by atoms with van der Waals surface area (Å²) in [5.41, 5.74) is 1.97. The van der Waals surface area contributed by atoms with Crippen molar-refractivity contribution in [2.45, 2.75) is 37.1 Å². The van der Waals surface area contributed by atoms with Crippen molar-refractivity contribution in [3.8, 4) is 0 Å². The smallest absolute Gasteiger partial charge is 0.259 e. The number of hydrogen-bond donors (Lipinski definition) is 1. The van der Waals surface area contributed by atoms with Crippen molar-refractivity contribution in [3.63, 3.8) is 0 Å². The van der Waals surface area contributed by atoms with E-state index < -0.39 is 0 Å². The molecule has 1 aliphatic heterocycles. The van der Waals surface area contributed by atoms with Gasteiger partial charge in [-0.2, -0.15) is 0 Å². The molecule has 2 aromatic heterocycles. The molecule has 0 saturated carbocycles. The Morgan fingerprint density at radius 3 is 2.61 bits per heavy atom. The molecule has 1 aliphatic carbocycles. The number of aryl methyl sites for hydroxylation is 2. The number of piperazine rings is 1. The van der Waals surface area contributed by atoms with Crippen molar-refractivity contribution in [1.29, 1.82) is 0 Å². The molecule has 3 heterocycles. The molecule has 5 rings (SSSR count). The van der Waals surface area contributed by atoms with E-state index in [9.17, 15) is 9.59 Å². The van der Waals surface area contributed by atoms with E-state index in [-0.39, 0.29) is 11.5 Å². The largest absolute Gasteiger partial charge is 0.336 e. The van der Waals surface area contributed by atoms with Crippen LogP contribution < -0.4 is 5.56 Å². The van der Waals surface area contributed by atoms with E-state index in [0.717, 1.165) is 58.9 Å². The fourth-order valence-electron chi connectivity index (χ4n) is 4.52. The monoisotopic (exact) mass is 454 g/mol. The highest BCUT2D eigenvalue weighted by Crippen LogP contribution is 2.33. The van der Waals surface area contributed by atoms with E-state index >= 15 is 0 Å². The van der Waals surface area contributed by atoms with Crippen molar-refractivity contribution in [1.82, 2.24) is 19.8 Å². The van der Waals surface area contributed by atoms with Gasteiger partial charge in [-0.1, -0.05) is 0 Å². The maximum Gasteiger partial charge on any atom is 0.259 e. The molecule has 0 unspecified atom stereocenters. The molecule has 1 N–H and O–H groups in total. The molecule has 0 radical (unpaired) electrons. The minimum atomic E-state index is 0.00176. The first-order valence-corrected chi connectivity index (χ1v) is 12.9. The number of thiophene rings is 1. The highest BCUT2D eigenvalue weighted by molar-refractivity contribution is 7.98. The van der Waals surface area contributed by atoms with E-state index in [2.05, 4.69) is 9.88 Å². The van der Waals surface area contributed by atoms with Crippen LogP contribution in [-0.4, -0.2) is 58.1 Å². The highest BCUT2D eigenvalue weighted by atomic mass is 32.2. The van der Waals surface area contributed by atoms with Crippen LogP contribution in [0.4, 0.5) is 0 Å². The van der Waals surface area contributed by atoms with Crippen molar-refractivity contribution in [3.05, 3.63) is 56.4 Å². The fourth-order valence-corrected chi connectivity index (χ4v) is 6.21. The quantitative estimate of drug-likeness (QED) is 0.611. The second-order valence-electron chi connectivity index (χ2n) is 8.20. The maximum atomic E-state index is 12.8. The van der Waals surface area contributed by atoms with Crippen LogP contribution >= 0.6 is 23.1 Å². The molecule has 8 heteroatoms. The SMILES string of the molecule is CSc1ccc(C(=O)N2CCN(Cc3nc4sc5c(c4c(=O)[nH]3)CCCC5)CC2)cc1. The molecule has 1 saturated heterocycles. The second kappa shape index (κ2) is 8.76. The van der Waals surface area contributed by atoms with Crippen molar-refractivity contribution in [2.24, 2.45) is 0 Å². The molecule has 2 aliphatic rings. The third kappa shape index (κ3) is 4.16. The molecule has 1 fully saturated rings. The maximum absolute atomic E-state index is 12.8. The fraction of sp³-hybridized carbons (Fsp3) is 0.435. The number of hydrogen-bond acceptors (Lipinski definition) is 6. The van der Waals surface area contributed by atoms with Gasteiger partial charge in [-0.25, -0.2) is 4.98 Å². The first-order valence-electron chi connectivity index (χ1n) is 10.8. The minimum Gasteiger partial charge on any atom is -0.336 e. The third-order valence-corrected chi connectivity index (χ3v) is 8.17. The second-order valence-corrected chi connectivity index (χ2v) is 10.2. The van der Waals surface area contributed by atoms with Gasteiger partial charge in [-0.3, -0.25) is 14.5 Å². The summed E-state index contributed by atoms with van der Waals surface area (Å²) in [6.07, 6.45) is 6.46. The van der Waals surface area contributed by atoms with Gasteiger partial charge in [0.05, 0.1) is 11.9 Å². The Bertz CT molecular complexity index is 1160. The van der Waals surface area contributed by atoms with Gasteiger partial charge in [0, 0.05) is 41.5 Å². The predicted octanol–water partition coefficient (Wildman–Crippen LogP) is 3.54. The number of amides is 1. The molecule has 6 nitrogen and oxygen atoms in total. The van der Waals surface area contributed by atoms with Gasteiger partial charge in [-0.15, -0.1) is 23.1 Å². The van der Waals surface area contributed by atoms with Gasteiger partial charge in [0.15, 0.2) is 0 Å². The normalized spacial score (nSPS) is 17.1. The number of H-pyrrole nitrogens is 1. The lowest BCUT2D eigenvalue weighted by Gasteiger charge is -2.34. The zero-order valence-corrected chi connectivity index (χ0v) is 19.3. The van der Waals surface area contributed by atoms with Gasteiger partial charge in [0.2, 0.25) is 0 Å². The number of carbonyl (C=O) groups excluding carboxylic acids is 1. The van der Waals surface area contributed by atoms with Crippen LogP contribution in [0, 0.1) is 0 Å². The topological polar surface area (TPSA) is 69.3 Å². The lowest BCUT2D eigenvalue weighted by Crippen LogP contribution is -2.48. The summed E-state index contributed by atoms with van der Waals surface area (Å²) in [5.74, 6) is 0.813. The van der Waals surface area contributed by atoms with Crippen LogP contribution in [-0.2, 0) is 19.4 Å². The molecular weight excluding hydrogens is 428 g/mol. The highest BCUT2D eigenvalue weighted by Gasteiger charge is 2.24. The van der Waals surface area contributed by atoms with Gasteiger partial charge < -0.3 is 9.88 Å². The summed E-state index contributed by atoms with van der Waals surface area (Å²) in [5, 5.41) is 0.811. The molecule has 0 atom stereocenters. The van der Waals surface area contributed by atoms with Crippen molar-refractivity contribution in [2.75, 3.05) is 32.4 Å². The Kier molecular flexibility index (Phi) is 5.86. The zero-order valence-electron chi connectivity index (χ0n) is 17.6. The van der Waals surface area contributed by atoms with Crippen LogP contribution in [0.25, 0.3) is 10.2 Å². The summed E-state index contributed by atoms with van der Waals surface area (Å²) < 4.78 is 0. The van der Waals surface area contributed by atoms with Gasteiger partial charge >= 0.3 is 0 Å². The Morgan fingerprint density at radius 2 is 1.87 bits per heavy atom. The Labute approximate surface area is 189 Å². The molecule has 31 heavy (non-hydrogen) atoms. The first-order chi connectivity index (χ1) is 15.1. The number of rotatable bonds is 4. The zero-order chi connectivity index (χ0) is 21.4. The number of thioether (sulfide) groups is 1. The van der Waals surface area contributed by atoms with Gasteiger partial charge in [-0.05, 0) is 61.8 Å². The summed E-state index contributed by atoms with van der Waals surface area (Å²) >= 11 is 3.36. The molecule has 0 spiro atoms. The van der Waals surface area contributed by atoms with Crippen LogP contribution in [0.1, 0.15) is 39.5 Å². The summed E-state index contributed by atoms with van der Waals surface area (Å²) in [6.45, 7) is 3.53. The van der Waals surface area contributed by atoms with Crippen LogP contribution in [0.3, 0.4) is 0 Å². The Morgan fingerprint density at radius 1 is 1.13 bits per heavy atom. The minimum absolute atomic E-state index is 0.00176. The van der Waals surface area contributed by atoms with Gasteiger partial charge in [0.25, 0.3) is 11.5 Å². The average molecular weight is 455 g/mol. The van der Waals surface area contributed by atoms with Gasteiger partial charge in [0.1, 0.15) is 10.7 Å². The van der Waals surface area contributed by atoms with Crippen LogP contribution in [0.2, 0.25) is 0 Å². The van der Waals surface area contributed by atoms with Crippen molar-refractivity contribution >= 4 is 39.2 Å². The standard InChI is InChI=1S/C23H26N4O2S2/c1-30-16-8-6-15(7-9-16)23(29)27-12-10-26(11-13-27)14-19-24-21(28)20-17-4-2-3-5-18(17)31-22(20)25-19/h6-9H,2-5,10-14H2,1H3,(H,24,25,28). The number of nitrogens with zero attached hydrogens (tertiary/aromatic N) is 3. The number of nitrogens with one attached hydrogen (secondary N) is 1. The first kappa shape index (κ1) is 20.7. The summed E-state index contributed by atoms with van der Waals surface area (Å²) in [4.78, 5) is 40.9. The van der Waals surface area contributed by atoms with Crippen LogP contribution in [0.15, 0.2) is 34.0 Å². The van der Waals surface area contributed by atoms with E-state index in [4.69, 9.17) is 4.98 Å². The number of aromatic nitrogens is 2. The molecule has 1 aromatic carbocycles. The molecule has 162 valence electrons. The van der Waals surface area contributed by atoms with E-state index in [1.165, 1.54) is 16.9 Å². The van der Waals surface area contributed by atoms with Crippen LogP contribution in [0.5, 0.6) is 0 Å². The predicted molar refractivity (Wildman–Crippen MR) is 126 cm³/mol. The number of fused-ring (bicyclic) bond motifs is 3. The Hall–Kier alpha value is -2.16. The molecule has 1 amide bonds. The molecular formula is C23H26N4O2S2. The average Bonchev–Trinajstić information content (AvgIpc) is 3.18. The van der Waals surface area contributed by atoms with E-state index in [1.807, 2.05) is 35.4 Å². The number of benzene rings is 1. The summed E-state index contributed by atoms with van der Waals surface area (Å²) in [6, 6.07) is 7.81. The third-order valence-electron chi connectivity index (χ3n) is 6.24.